The van der Waals surface area contributed by atoms with E-state index in [1.165, 1.54) is 122 Å². The highest BCUT2D eigenvalue weighted by Gasteiger charge is 2.30. The van der Waals surface area contributed by atoms with Gasteiger partial charge in [0.05, 0.1) is 0 Å². The molecule has 0 radical (unpaired) electrons. The molecule has 2 rings (SSSR count). The molecule has 0 spiro atoms. The molecule has 0 bridgehead atoms. The van der Waals surface area contributed by atoms with Gasteiger partial charge in [-0.25, -0.2) is 0 Å². The average molecular weight is 411 g/mol. The van der Waals surface area contributed by atoms with Crippen molar-refractivity contribution in [3.05, 3.63) is 12.2 Å². The molecule has 0 atom stereocenters. The first kappa shape index (κ1) is 24.9. The predicted molar refractivity (Wildman–Crippen MR) is 122 cm³/mol. The van der Waals surface area contributed by atoms with Crippen LogP contribution in [0.3, 0.4) is 0 Å². The molecule has 2 aliphatic carbocycles. The molecule has 0 unspecified atom stereocenters. The van der Waals surface area contributed by atoms with Gasteiger partial charge < -0.3 is 0 Å². The minimum absolute atomic E-state index is 0.514. The maximum Gasteiger partial charge on any atom is 0.266 e. The highest BCUT2D eigenvalue weighted by Crippen LogP contribution is 2.43. The van der Waals surface area contributed by atoms with Crippen LogP contribution in [0.4, 0.5) is 8.78 Å². The zero-order valence-electron chi connectivity index (χ0n) is 19.3. The van der Waals surface area contributed by atoms with E-state index in [2.05, 4.69) is 6.92 Å². The Morgan fingerprint density at radius 2 is 1.07 bits per heavy atom. The van der Waals surface area contributed by atoms with Gasteiger partial charge in [-0.3, -0.25) is 0 Å². The van der Waals surface area contributed by atoms with Crippen molar-refractivity contribution >= 4 is 0 Å². The number of hydrogen-bond donors (Lipinski definition) is 0. The van der Waals surface area contributed by atoms with Crippen molar-refractivity contribution in [2.24, 2.45) is 23.7 Å². The van der Waals surface area contributed by atoms with Crippen LogP contribution >= 0.6 is 0 Å². The smallest absolute Gasteiger partial charge is 0.174 e. The Kier molecular flexibility index (Phi) is 13.2. The van der Waals surface area contributed by atoms with E-state index in [-0.39, 0.29) is 0 Å². The van der Waals surface area contributed by atoms with E-state index in [4.69, 9.17) is 0 Å². The minimum atomic E-state index is -1.49. The molecule has 2 heteroatoms. The lowest BCUT2D eigenvalue weighted by molar-refractivity contribution is 0.143. The number of allylic oxidation sites excluding steroid dienone is 1. The Morgan fingerprint density at radius 3 is 1.55 bits per heavy atom. The van der Waals surface area contributed by atoms with Crippen LogP contribution in [0.5, 0.6) is 0 Å². The Balaban J connectivity index is 1.44. The molecule has 0 N–H and O–H groups in total. The Labute approximate surface area is 180 Å². The molecule has 0 heterocycles. The van der Waals surface area contributed by atoms with Crippen LogP contribution in [0, 0.1) is 23.7 Å². The van der Waals surface area contributed by atoms with Crippen LogP contribution < -0.4 is 0 Å². The molecule has 2 aliphatic rings. The van der Waals surface area contributed by atoms with Crippen LogP contribution in [-0.2, 0) is 0 Å². The van der Waals surface area contributed by atoms with Gasteiger partial charge in [0.15, 0.2) is 0 Å². The van der Waals surface area contributed by atoms with E-state index in [0.29, 0.717) is 12.3 Å². The van der Waals surface area contributed by atoms with Gasteiger partial charge in [0, 0.05) is 0 Å². The van der Waals surface area contributed by atoms with Crippen LogP contribution in [-0.4, -0.2) is 0 Å². The fourth-order valence-corrected chi connectivity index (χ4v) is 6.02. The summed E-state index contributed by atoms with van der Waals surface area (Å²) in [6.45, 7) is 2.29. The highest BCUT2D eigenvalue weighted by atomic mass is 19.3. The lowest BCUT2D eigenvalue weighted by Crippen LogP contribution is -2.25. The van der Waals surface area contributed by atoms with Gasteiger partial charge in [0.2, 0.25) is 0 Å². The molecule has 0 aromatic heterocycles. The largest absolute Gasteiger partial charge is 0.266 e. The lowest BCUT2D eigenvalue weighted by Gasteiger charge is -2.37. The van der Waals surface area contributed by atoms with E-state index < -0.39 is 6.08 Å². The standard InChI is InChI=1S/C27H48F2/c1-2-3-4-5-6-7-8-9-10-11-12-23-13-18-25(19-14-23)26-20-15-24(16-21-26)17-22-27(28)29/h22-26H,2-21H2,1H3/t23-,24-,25-,26-. The summed E-state index contributed by atoms with van der Waals surface area (Å²) < 4.78 is 24.5. The molecule has 2 fully saturated rings. The molecule has 29 heavy (non-hydrogen) atoms. The first-order valence-electron chi connectivity index (χ1n) is 13.2. The van der Waals surface area contributed by atoms with Gasteiger partial charge in [-0.15, -0.1) is 0 Å². The molecule has 170 valence electrons. The van der Waals surface area contributed by atoms with Crippen LogP contribution in [0.1, 0.15) is 135 Å². The summed E-state index contributed by atoms with van der Waals surface area (Å²) in [6.07, 6.45) is 26.8. The number of hydrogen-bond acceptors (Lipinski definition) is 0. The quantitative estimate of drug-likeness (QED) is 0.250. The minimum Gasteiger partial charge on any atom is -0.174 e. The summed E-state index contributed by atoms with van der Waals surface area (Å²) in [5, 5.41) is 0. The van der Waals surface area contributed by atoms with Crippen molar-refractivity contribution in [1.82, 2.24) is 0 Å². The summed E-state index contributed by atoms with van der Waals surface area (Å²) >= 11 is 0. The zero-order valence-corrected chi connectivity index (χ0v) is 19.3. The fraction of sp³-hybridized carbons (Fsp3) is 0.926. The number of unbranched alkanes of at least 4 members (excludes halogenated alkanes) is 9. The first-order valence-corrected chi connectivity index (χ1v) is 13.2. The second-order valence-electron chi connectivity index (χ2n) is 10.3. The van der Waals surface area contributed by atoms with E-state index in [1.807, 2.05) is 0 Å². The number of rotatable bonds is 14. The molecule has 0 nitrogen and oxygen atoms in total. The second-order valence-corrected chi connectivity index (χ2v) is 10.3. The molecule has 0 aromatic carbocycles. The van der Waals surface area contributed by atoms with Gasteiger partial charge in [0.1, 0.15) is 0 Å². The normalized spacial score (nSPS) is 27.7. The van der Waals surface area contributed by atoms with E-state index in [9.17, 15) is 8.78 Å². The van der Waals surface area contributed by atoms with E-state index in [1.54, 1.807) is 0 Å². The molecule has 0 aromatic rings. The van der Waals surface area contributed by atoms with Crippen LogP contribution in [0.15, 0.2) is 12.2 Å². The van der Waals surface area contributed by atoms with Crippen molar-refractivity contribution in [2.75, 3.05) is 0 Å². The summed E-state index contributed by atoms with van der Waals surface area (Å²) in [6, 6.07) is 0. The molecule has 0 aliphatic heterocycles. The van der Waals surface area contributed by atoms with Crippen LogP contribution in [0.25, 0.3) is 0 Å². The summed E-state index contributed by atoms with van der Waals surface area (Å²) in [5.41, 5.74) is 0. The third kappa shape index (κ3) is 11.0. The summed E-state index contributed by atoms with van der Waals surface area (Å²) in [4.78, 5) is 0. The van der Waals surface area contributed by atoms with Gasteiger partial charge >= 0.3 is 0 Å². The topological polar surface area (TPSA) is 0 Å². The van der Waals surface area contributed by atoms with Crippen molar-refractivity contribution in [3.8, 4) is 0 Å². The third-order valence-electron chi connectivity index (χ3n) is 8.02. The first-order chi connectivity index (χ1) is 14.2. The van der Waals surface area contributed by atoms with E-state index >= 15 is 0 Å². The Bertz CT molecular complexity index is 410. The Morgan fingerprint density at radius 1 is 0.621 bits per heavy atom. The zero-order chi connectivity index (χ0) is 20.7. The highest BCUT2D eigenvalue weighted by molar-refractivity contribution is 4.87. The fourth-order valence-electron chi connectivity index (χ4n) is 6.02. The molecular weight excluding hydrogens is 362 g/mol. The summed E-state index contributed by atoms with van der Waals surface area (Å²) in [7, 11) is 0. The molecule has 0 saturated heterocycles. The average Bonchev–Trinajstić information content (AvgIpc) is 2.74. The maximum atomic E-state index is 12.3. The van der Waals surface area contributed by atoms with Crippen molar-refractivity contribution in [2.45, 2.75) is 135 Å². The number of halogens is 2. The van der Waals surface area contributed by atoms with Crippen molar-refractivity contribution in [3.63, 3.8) is 0 Å². The predicted octanol–water partition coefficient (Wildman–Crippen LogP) is 10.1. The molecule has 2 saturated carbocycles. The molecular formula is C27H48F2. The van der Waals surface area contributed by atoms with E-state index in [0.717, 1.165) is 23.8 Å². The third-order valence-corrected chi connectivity index (χ3v) is 8.02. The summed E-state index contributed by atoms with van der Waals surface area (Å²) in [5.74, 6) is 3.34. The maximum absolute atomic E-state index is 12.3. The van der Waals surface area contributed by atoms with Crippen LogP contribution in [0.2, 0.25) is 0 Å². The van der Waals surface area contributed by atoms with Gasteiger partial charge in [-0.2, -0.15) is 8.78 Å². The van der Waals surface area contributed by atoms with Crippen molar-refractivity contribution < 1.29 is 8.78 Å². The van der Waals surface area contributed by atoms with Gasteiger partial charge in [-0.1, -0.05) is 90.4 Å². The second kappa shape index (κ2) is 15.4. The molecule has 0 amide bonds. The van der Waals surface area contributed by atoms with Gasteiger partial charge in [-0.05, 0) is 74.7 Å². The lowest BCUT2D eigenvalue weighted by atomic mass is 9.68. The Hall–Kier alpha value is -0.400. The SMILES string of the molecule is CCCCCCCCCCCC[C@H]1CC[C@H]([C@H]2CC[C@H](CC=C(F)F)CC2)CC1. The van der Waals surface area contributed by atoms with Crippen molar-refractivity contribution in [1.29, 1.82) is 0 Å². The van der Waals surface area contributed by atoms with Gasteiger partial charge in [0.25, 0.3) is 6.08 Å². The monoisotopic (exact) mass is 410 g/mol.